The molecule has 6 nitrogen and oxygen atoms in total. The smallest absolute Gasteiger partial charge is 0.320 e. The van der Waals surface area contributed by atoms with Crippen molar-refractivity contribution in [2.75, 3.05) is 0 Å². The van der Waals surface area contributed by atoms with Gasteiger partial charge >= 0.3 is 5.97 Å². The minimum Gasteiger partial charge on any atom is -0.480 e. The minimum atomic E-state index is -0.972. The average Bonchev–Trinajstić information content (AvgIpc) is 3.22. The zero-order valence-electron chi connectivity index (χ0n) is 12.9. The van der Waals surface area contributed by atoms with E-state index in [9.17, 15) is 4.79 Å². The van der Waals surface area contributed by atoms with Crippen LogP contribution in [0.1, 0.15) is 5.56 Å². The first-order valence-corrected chi connectivity index (χ1v) is 7.56. The second kappa shape index (κ2) is 6.97. The molecule has 0 amide bonds. The third-order valence-electron chi connectivity index (χ3n) is 3.78. The molecule has 4 rings (SSSR count). The van der Waals surface area contributed by atoms with Gasteiger partial charge in [0.1, 0.15) is 6.04 Å². The van der Waals surface area contributed by atoms with Crippen LogP contribution in [-0.2, 0) is 11.2 Å². The number of hydrogen-bond donors (Lipinski definition) is 4. The Morgan fingerprint density at radius 1 is 1.12 bits per heavy atom. The van der Waals surface area contributed by atoms with Crippen LogP contribution in [0.3, 0.4) is 0 Å². The molecule has 0 saturated carbocycles. The zero-order valence-corrected chi connectivity index (χ0v) is 12.9. The monoisotopic (exact) mass is 322 g/mol. The van der Waals surface area contributed by atoms with E-state index >= 15 is 0 Å². The summed E-state index contributed by atoms with van der Waals surface area (Å²) in [5, 5.41) is 17.7. The summed E-state index contributed by atoms with van der Waals surface area (Å²) in [5.74, 6) is -0.972. The van der Waals surface area contributed by atoms with Crippen LogP contribution in [-0.4, -0.2) is 32.3 Å². The van der Waals surface area contributed by atoms with Crippen molar-refractivity contribution in [3.63, 3.8) is 0 Å². The number of nitrogens with zero attached hydrogens (tertiary/aromatic N) is 1. The Hall–Kier alpha value is -3.12. The van der Waals surface area contributed by atoms with Crippen LogP contribution in [0.4, 0.5) is 0 Å². The number of rotatable bonds is 3. The van der Waals surface area contributed by atoms with Crippen LogP contribution in [0, 0.1) is 0 Å². The Kier molecular flexibility index (Phi) is 4.58. The van der Waals surface area contributed by atoms with E-state index in [-0.39, 0.29) is 0 Å². The second-order valence-corrected chi connectivity index (χ2v) is 5.47. The number of aliphatic carboxylic acids is 1. The van der Waals surface area contributed by atoms with Gasteiger partial charge in [0.15, 0.2) is 0 Å². The molecule has 122 valence electrons. The van der Waals surface area contributed by atoms with Crippen molar-refractivity contribution in [3.8, 4) is 0 Å². The van der Waals surface area contributed by atoms with Gasteiger partial charge in [0, 0.05) is 28.9 Å². The van der Waals surface area contributed by atoms with Crippen molar-refractivity contribution >= 4 is 27.8 Å². The SMILES string of the molecule is NC(Cc1c[nH]c2ccccc12)C(=O)O.c1ccc2[nH]ncc2c1. The molecule has 0 radical (unpaired) electrons. The normalized spacial score (nSPS) is 11.9. The average molecular weight is 322 g/mol. The van der Waals surface area contributed by atoms with Gasteiger partial charge in [-0.05, 0) is 17.7 Å². The molecule has 0 saturated heterocycles. The summed E-state index contributed by atoms with van der Waals surface area (Å²) in [6.07, 6.45) is 3.97. The molecule has 0 aliphatic heterocycles. The van der Waals surface area contributed by atoms with Crippen LogP contribution in [0.2, 0.25) is 0 Å². The third kappa shape index (κ3) is 3.44. The summed E-state index contributed by atoms with van der Waals surface area (Å²) in [5.41, 5.74) is 8.53. The van der Waals surface area contributed by atoms with E-state index in [1.807, 2.05) is 60.9 Å². The van der Waals surface area contributed by atoms with Crippen LogP contribution in [0.5, 0.6) is 0 Å². The molecule has 2 aromatic carbocycles. The van der Waals surface area contributed by atoms with E-state index in [4.69, 9.17) is 10.8 Å². The maximum absolute atomic E-state index is 10.6. The number of carboxylic acids is 1. The molecule has 0 aliphatic rings. The first-order chi connectivity index (χ1) is 11.6. The fourth-order valence-corrected chi connectivity index (χ4v) is 2.51. The topological polar surface area (TPSA) is 108 Å². The van der Waals surface area contributed by atoms with Gasteiger partial charge in [0.05, 0.1) is 11.7 Å². The minimum absolute atomic E-state index is 0.347. The van der Waals surface area contributed by atoms with E-state index in [1.54, 1.807) is 0 Å². The summed E-state index contributed by atoms with van der Waals surface area (Å²) in [6.45, 7) is 0. The van der Waals surface area contributed by atoms with Gasteiger partial charge in [-0.25, -0.2) is 0 Å². The highest BCUT2D eigenvalue weighted by Crippen LogP contribution is 2.18. The molecule has 4 aromatic rings. The number of hydrogen-bond acceptors (Lipinski definition) is 3. The zero-order chi connectivity index (χ0) is 16.9. The number of carbonyl (C=O) groups is 1. The molecule has 2 heterocycles. The number of aromatic amines is 2. The predicted octanol–water partition coefficient (Wildman–Crippen LogP) is 2.69. The highest BCUT2D eigenvalue weighted by atomic mass is 16.4. The lowest BCUT2D eigenvalue weighted by atomic mass is 10.1. The van der Waals surface area contributed by atoms with E-state index in [1.165, 1.54) is 0 Å². The number of nitrogens with two attached hydrogens (primary N) is 1. The summed E-state index contributed by atoms with van der Waals surface area (Å²) >= 11 is 0. The van der Waals surface area contributed by atoms with E-state index in [0.29, 0.717) is 6.42 Å². The Labute approximate surface area is 138 Å². The fraction of sp³-hybridized carbons (Fsp3) is 0.111. The predicted molar refractivity (Wildman–Crippen MR) is 93.7 cm³/mol. The van der Waals surface area contributed by atoms with E-state index in [2.05, 4.69) is 15.2 Å². The largest absolute Gasteiger partial charge is 0.480 e. The van der Waals surface area contributed by atoms with Crippen LogP contribution in [0.25, 0.3) is 21.8 Å². The molecular weight excluding hydrogens is 304 g/mol. The Morgan fingerprint density at radius 3 is 2.58 bits per heavy atom. The standard InChI is InChI=1S/C11H12N2O2.C7H6N2/c12-9(11(14)15)5-7-6-13-10-4-2-1-3-8(7)10;1-2-4-7-6(3-1)5-8-9-7/h1-4,6,9,13H,5,12H2,(H,14,15);1-5H,(H,8,9). The van der Waals surface area contributed by atoms with Crippen molar-refractivity contribution in [3.05, 3.63) is 66.5 Å². The summed E-state index contributed by atoms with van der Waals surface area (Å²) in [4.78, 5) is 13.7. The molecule has 2 aromatic heterocycles. The summed E-state index contributed by atoms with van der Waals surface area (Å²) in [7, 11) is 0. The lowest BCUT2D eigenvalue weighted by Gasteiger charge is -2.04. The van der Waals surface area contributed by atoms with Gasteiger partial charge in [-0.3, -0.25) is 9.89 Å². The van der Waals surface area contributed by atoms with Crippen molar-refractivity contribution in [1.82, 2.24) is 15.2 Å². The molecular formula is C18H18N4O2. The van der Waals surface area contributed by atoms with Crippen molar-refractivity contribution in [2.45, 2.75) is 12.5 Å². The van der Waals surface area contributed by atoms with Crippen molar-refractivity contribution < 1.29 is 9.90 Å². The lowest BCUT2D eigenvalue weighted by Crippen LogP contribution is -2.32. The first-order valence-electron chi connectivity index (χ1n) is 7.56. The molecule has 1 unspecified atom stereocenters. The molecule has 6 heteroatoms. The number of fused-ring (bicyclic) bond motifs is 2. The quantitative estimate of drug-likeness (QED) is 0.465. The second-order valence-electron chi connectivity index (χ2n) is 5.47. The maximum Gasteiger partial charge on any atom is 0.320 e. The molecule has 0 fully saturated rings. The molecule has 24 heavy (non-hydrogen) atoms. The summed E-state index contributed by atoms with van der Waals surface area (Å²) < 4.78 is 0. The lowest BCUT2D eigenvalue weighted by molar-refractivity contribution is -0.138. The van der Waals surface area contributed by atoms with Gasteiger partial charge in [-0.15, -0.1) is 0 Å². The Bertz CT molecular complexity index is 927. The maximum atomic E-state index is 10.6. The van der Waals surface area contributed by atoms with Gasteiger partial charge in [-0.2, -0.15) is 5.10 Å². The number of H-pyrrole nitrogens is 2. The van der Waals surface area contributed by atoms with Gasteiger partial charge in [0.2, 0.25) is 0 Å². The van der Waals surface area contributed by atoms with E-state index < -0.39 is 12.0 Å². The molecule has 1 atom stereocenters. The van der Waals surface area contributed by atoms with Crippen LogP contribution >= 0.6 is 0 Å². The molecule has 5 N–H and O–H groups in total. The van der Waals surface area contributed by atoms with Crippen LogP contribution < -0.4 is 5.73 Å². The number of carboxylic acid groups (broad SMARTS) is 1. The third-order valence-corrected chi connectivity index (χ3v) is 3.78. The Morgan fingerprint density at radius 2 is 1.83 bits per heavy atom. The summed E-state index contributed by atoms with van der Waals surface area (Å²) in [6, 6.07) is 14.9. The highest BCUT2D eigenvalue weighted by molar-refractivity contribution is 5.84. The fourth-order valence-electron chi connectivity index (χ4n) is 2.51. The van der Waals surface area contributed by atoms with E-state index in [0.717, 1.165) is 27.4 Å². The number of benzene rings is 2. The molecule has 0 bridgehead atoms. The number of para-hydroxylation sites is 2. The Balaban J connectivity index is 0.000000159. The molecule has 0 spiro atoms. The van der Waals surface area contributed by atoms with Crippen molar-refractivity contribution in [2.24, 2.45) is 5.73 Å². The van der Waals surface area contributed by atoms with Gasteiger partial charge < -0.3 is 15.8 Å². The van der Waals surface area contributed by atoms with Gasteiger partial charge in [-0.1, -0.05) is 36.4 Å². The van der Waals surface area contributed by atoms with Crippen molar-refractivity contribution in [1.29, 1.82) is 0 Å². The molecule has 0 aliphatic carbocycles. The highest BCUT2D eigenvalue weighted by Gasteiger charge is 2.14. The van der Waals surface area contributed by atoms with Gasteiger partial charge in [0.25, 0.3) is 0 Å². The van der Waals surface area contributed by atoms with Crippen LogP contribution in [0.15, 0.2) is 60.9 Å². The number of nitrogens with one attached hydrogen (secondary N) is 2. The number of aromatic nitrogens is 3. The first kappa shape index (κ1) is 15.8.